The van der Waals surface area contributed by atoms with Crippen molar-refractivity contribution in [2.24, 2.45) is 5.10 Å². The van der Waals surface area contributed by atoms with Gasteiger partial charge in [0, 0.05) is 12.3 Å². The first-order chi connectivity index (χ1) is 6.27. The lowest BCUT2D eigenvalue weighted by molar-refractivity contribution is -0.133. The van der Waals surface area contributed by atoms with Crippen LogP contribution in [0.1, 0.15) is 26.2 Å². The van der Waals surface area contributed by atoms with Gasteiger partial charge in [0.1, 0.15) is 0 Å². The Morgan fingerprint density at radius 2 is 2.46 bits per heavy atom. The van der Waals surface area contributed by atoms with Gasteiger partial charge in [-0.3, -0.25) is 4.79 Å². The molecule has 2 aliphatic rings. The minimum absolute atomic E-state index is 0.119. The van der Waals surface area contributed by atoms with Crippen molar-refractivity contribution >= 4 is 11.6 Å². The van der Waals surface area contributed by atoms with Crippen LogP contribution in [0.5, 0.6) is 0 Å². The Balaban J connectivity index is 2.02. The summed E-state index contributed by atoms with van der Waals surface area (Å²) < 4.78 is 5.31. The SMILES string of the molecule is CC1=NN(C2CCCOC2)C(=O)C1. The van der Waals surface area contributed by atoms with Gasteiger partial charge in [-0.05, 0) is 19.8 Å². The summed E-state index contributed by atoms with van der Waals surface area (Å²) in [6.45, 7) is 3.35. The second kappa shape index (κ2) is 3.46. The average Bonchev–Trinajstić information content (AvgIpc) is 2.47. The first kappa shape index (κ1) is 8.69. The van der Waals surface area contributed by atoms with Crippen molar-refractivity contribution in [3.8, 4) is 0 Å². The van der Waals surface area contributed by atoms with Gasteiger partial charge < -0.3 is 4.74 Å². The van der Waals surface area contributed by atoms with Gasteiger partial charge in [0.2, 0.25) is 5.91 Å². The zero-order valence-electron chi connectivity index (χ0n) is 7.82. The molecule has 4 heteroatoms. The van der Waals surface area contributed by atoms with Crippen molar-refractivity contribution in [1.82, 2.24) is 5.01 Å². The van der Waals surface area contributed by atoms with Gasteiger partial charge in [0.05, 0.1) is 19.1 Å². The smallest absolute Gasteiger partial charge is 0.248 e. The lowest BCUT2D eigenvalue weighted by Crippen LogP contribution is -2.39. The molecule has 2 aliphatic heterocycles. The molecule has 0 bridgehead atoms. The quantitative estimate of drug-likeness (QED) is 0.601. The predicted octanol–water partition coefficient (Wildman–Crippen LogP) is 0.774. The average molecular weight is 182 g/mol. The van der Waals surface area contributed by atoms with Gasteiger partial charge in [-0.25, -0.2) is 5.01 Å². The van der Waals surface area contributed by atoms with Crippen molar-refractivity contribution in [2.75, 3.05) is 13.2 Å². The highest BCUT2D eigenvalue weighted by Crippen LogP contribution is 2.18. The molecule has 2 heterocycles. The van der Waals surface area contributed by atoms with Crippen LogP contribution in [0.3, 0.4) is 0 Å². The molecule has 1 atom stereocenters. The van der Waals surface area contributed by atoms with Crippen LogP contribution in [0.4, 0.5) is 0 Å². The Bertz CT molecular complexity index is 244. The molecule has 13 heavy (non-hydrogen) atoms. The fourth-order valence-electron chi connectivity index (χ4n) is 1.78. The highest BCUT2D eigenvalue weighted by atomic mass is 16.5. The molecule has 2 rings (SSSR count). The van der Waals surface area contributed by atoms with E-state index in [0.29, 0.717) is 13.0 Å². The molecular weight excluding hydrogens is 168 g/mol. The molecule has 0 aliphatic carbocycles. The van der Waals surface area contributed by atoms with Gasteiger partial charge in [0.15, 0.2) is 0 Å². The van der Waals surface area contributed by atoms with Crippen molar-refractivity contribution < 1.29 is 9.53 Å². The number of nitrogens with zero attached hydrogens (tertiary/aromatic N) is 2. The van der Waals surface area contributed by atoms with Crippen LogP contribution in [0.2, 0.25) is 0 Å². The number of hydrogen-bond donors (Lipinski definition) is 0. The highest BCUT2D eigenvalue weighted by molar-refractivity contribution is 6.03. The molecule has 1 fully saturated rings. The topological polar surface area (TPSA) is 41.9 Å². The van der Waals surface area contributed by atoms with E-state index in [1.807, 2.05) is 6.92 Å². The zero-order valence-corrected chi connectivity index (χ0v) is 7.82. The molecule has 0 aromatic rings. The fraction of sp³-hybridized carbons (Fsp3) is 0.778. The maximum Gasteiger partial charge on any atom is 0.248 e. The van der Waals surface area contributed by atoms with Crippen LogP contribution < -0.4 is 0 Å². The normalized spacial score (nSPS) is 29.3. The van der Waals surface area contributed by atoms with Gasteiger partial charge in [0.25, 0.3) is 0 Å². The molecule has 0 spiro atoms. The Morgan fingerprint density at radius 3 is 3.00 bits per heavy atom. The summed E-state index contributed by atoms with van der Waals surface area (Å²) in [7, 11) is 0. The van der Waals surface area contributed by atoms with Crippen molar-refractivity contribution in [3.63, 3.8) is 0 Å². The van der Waals surface area contributed by atoms with Gasteiger partial charge in [-0.2, -0.15) is 5.10 Å². The van der Waals surface area contributed by atoms with E-state index in [-0.39, 0.29) is 11.9 Å². The van der Waals surface area contributed by atoms with Crippen LogP contribution in [-0.2, 0) is 9.53 Å². The number of hydrazone groups is 1. The van der Waals surface area contributed by atoms with E-state index in [9.17, 15) is 4.79 Å². The summed E-state index contributed by atoms with van der Waals surface area (Å²) in [6, 6.07) is 0.179. The van der Waals surface area contributed by atoms with Crippen LogP contribution in [-0.4, -0.2) is 35.9 Å². The summed E-state index contributed by atoms with van der Waals surface area (Å²) in [5.74, 6) is 0.119. The maximum absolute atomic E-state index is 11.4. The minimum atomic E-state index is 0.119. The number of carbonyl (C=O) groups excluding carboxylic acids is 1. The molecule has 0 aromatic heterocycles. The maximum atomic E-state index is 11.4. The summed E-state index contributed by atoms with van der Waals surface area (Å²) in [4.78, 5) is 11.4. The molecule has 0 saturated carbocycles. The molecular formula is C9H14N2O2. The monoisotopic (exact) mass is 182 g/mol. The third kappa shape index (κ3) is 1.72. The Hall–Kier alpha value is -0.900. The number of ether oxygens (including phenoxy) is 1. The summed E-state index contributed by atoms with van der Waals surface area (Å²) in [5.41, 5.74) is 0.913. The number of carbonyl (C=O) groups is 1. The van der Waals surface area contributed by atoms with E-state index in [2.05, 4.69) is 5.10 Å². The molecule has 1 unspecified atom stereocenters. The number of amides is 1. The molecule has 0 aromatic carbocycles. The summed E-state index contributed by atoms with van der Waals surface area (Å²) in [5, 5.41) is 5.82. The highest BCUT2D eigenvalue weighted by Gasteiger charge is 2.29. The molecule has 0 N–H and O–H groups in total. The Labute approximate surface area is 77.5 Å². The van der Waals surface area contributed by atoms with Gasteiger partial charge in [-0.15, -0.1) is 0 Å². The van der Waals surface area contributed by atoms with Gasteiger partial charge >= 0.3 is 0 Å². The van der Waals surface area contributed by atoms with Crippen molar-refractivity contribution in [1.29, 1.82) is 0 Å². The molecule has 1 amide bonds. The first-order valence-corrected chi connectivity index (χ1v) is 4.71. The van der Waals surface area contributed by atoms with Crippen molar-refractivity contribution in [3.05, 3.63) is 0 Å². The van der Waals surface area contributed by atoms with E-state index in [1.54, 1.807) is 5.01 Å². The van der Waals surface area contributed by atoms with Crippen LogP contribution in [0.25, 0.3) is 0 Å². The van der Waals surface area contributed by atoms with Crippen molar-refractivity contribution in [2.45, 2.75) is 32.2 Å². The van der Waals surface area contributed by atoms with E-state index in [0.717, 1.165) is 25.2 Å². The Kier molecular flexibility index (Phi) is 2.31. The molecule has 4 nitrogen and oxygen atoms in total. The third-order valence-corrected chi connectivity index (χ3v) is 2.42. The van der Waals surface area contributed by atoms with E-state index in [4.69, 9.17) is 4.74 Å². The van der Waals surface area contributed by atoms with Crippen LogP contribution in [0.15, 0.2) is 5.10 Å². The van der Waals surface area contributed by atoms with Crippen LogP contribution in [0, 0.1) is 0 Å². The Morgan fingerprint density at radius 1 is 1.62 bits per heavy atom. The standard InChI is InChI=1S/C9H14N2O2/c1-7-5-9(12)11(10-7)8-3-2-4-13-6-8/h8H,2-6H2,1H3. The van der Waals surface area contributed by atoms with E-state index in [1.165, 1.54) is 0 Å². The van der Waals surface area contributed by atoms with Gasteiger partial charge in [-0.1, -0.05) is 0 Å². The zero-order chi connectivity index (χ0) is 9.26. The third-order valence-electron chi connectivity index (χ3n) is 2.42. The van der Waals surface area contributed by atoms with E-state index >= 15 is 0 Å². The second-order valence-corrected chi connectivity index (χ2v) is 3.62. The fourth-order valence-corrected chi connectivity index (χ4v) is 1.78. The van der Waals surface area contributed by atoms with Crippen LogP contribution >= 0.6 is 0 Å². The molecule has 1 saturated heterocycles. The number of hydrogen-bond acceptors (Lipinski definition) is 3. The summed E-state index contributed by atoms with van der Waals surface area (Å²) >= 11 is 0. The minimum Gasteiger partial charge on any atom is -0.379 e. The lowest BCUT2D eigenvalue weighted by Gasteiger charge is -2.27. The lowest BCUT2D eigenvalue weighted by atomic mass is 10.1. The molecule has 72 valence electrons. The largest absolute Gasteiger partial charge is 0.379 e. The molecule has 0 radical (unpaired) electrons. The van der Waals surface area contributed by atoms with E-state index < -0.39 is 0 Å². The predicted molar refractivity (Wildman–Crippen MR) is 48.4 cm³/mol. The summed E-state index contributed by atoms with van der Waals surface area (Å²) in [6.07, 6.45) is 2.53. The second-order valence-electron chi connectivity index (χ2n) is 3.62. The first-order valence-electron chi connectivity index (χ1n) is 4.71. The number of rotatable bonds is 1.